The third-order valence-electron chi connectivity index (χ3n) is 6.65. The van der Waals surface area contributed by atoms with Crippen LogP contribution in [-0.2, 0) is 9.59 Å². The normalized spacial score (nSPS) is 15.4. The zero-order valence-corrected chi connectivity index (χ0v) is 21.9. The van der Waals surface area contributed by atoms with Gasteiger partial charge in [-0.25, -0.2) is 0 Å². The van der Waals surface area contributed by atoms with Gasteiger partial charge in [0.2, 0.25) is 11.8 Å². The highest BCUT2D eigenvalue weighted by Gasteiger charge is 2.24. The van der Waals surface area contributed by atoms with Crippen molar-refractivity contribution in [2.24, 2.45) is 17.6 Å². The highest BCUT2D eigenvalue weighted by molar-refractivity contribution is 5.84. The first-order chi connectivity index (χ1) is 16.8. The Morgan fingerprint density at radius 2 is 1.57 bits per heavy atom. The predicted octanol–water partition coefficient (Wildman–Crippen LogP) is 4.95. The summed E-state index contributed by atoms with van der Waals surface area (Å²) in [4.78, 5) is 25.7. The highest BCUT2D eigenvalue weighted by Crippen LogP contribution is 2.21. The zero-order valence-electron chi connectivity index (χ0n) is 21.9. The summed E-state index contributed by atoms with van der Waals surface area (Å²) in [7, 11) is 0. The lowest BCUT2D eigenvalue weighted by atomic mass is 9.98. The Balaban J connectivity index is 2.13. The van der Waals surface area contributed by atoms with Gasteiger partial charge in [-0.3, -0.25) is 9.59 Å². The van der Waals surface area contributed by atoms with Crippen molar-refractivity contribution in [1.29, 1.82) is 0 Å². The molecule has 192 valence electrons. The molecule has 35 heavy (non-hydrogen) atoms. The van der Waals surface area contributed by atoms with E-state index in [0.29, 0.717) is 12.5 Å². The van der Waals surface area contributed by atoms with Crippen LogP contribution in [0, 0.1) is 11.8 Å². The SMILES string of the molecule is CCCC(C)COc1ccc([C@H](CNC(=O)[C@H](N)[C@@H](C)CC)NC(=O)[C@@H](C)c2ccccc2)cc1. The van der Waals surface area contributed by atoms with Crippen LogP contribution in [0.1, 0.15) is 77.0 Å². The van der Waals surface area contributed by atoms with Crippen molar-refractivity contribution in [3.8, 4) is 5.75 Å². The van der Waals surface area contributed by atoms with Crippen molar-refractivity contribution < 1.29 is 14.3 Å². The third-order valence-corrected chi connectivity index (χ3v) is 6.65. The van der Waals surface area contributed by atoms with Crippen LogP contribution in [0.4, 0.5) is 0 Å². The van der Waals surface area contributed by atoms with E-state index in [1.54, 1.807) is 0 Å². The number of hydrogen-bond donors (Lipinski definition) is 3. The van der Waals surface area contributed by atoms with E-state index in [9.17, 15) is 9.59 Å². The molecule has 0 aliphatic carbocycles. The molecule has 0 saturated heterocycles. The average molecular weight is 482 g/mol. The largest absolute Gasteiger partial charge is 0.493 e. The third kappa shape index (κ3) is 9.02. The molecule has 2 aromatic carbocycles. The van der Waals surface area contributed by atoms with Crippen LogP contribution in [0.15, 0.2) is 54.6 Å². The maximum absolute atomic E-state index is 13.1. The molecular weight excluding hydrogens is 438 g/mol. The standard InChI is InChI=1S/C29H43N3O3/c1-6-11-20(3)19-35-25-16-14-24(15-17-25)26(18-31-29(34)27(30)21(4)7-2)32-28(33)22(5)23-12-9-8-10-13-23/h8-10,12-17,20-22,26-27H,6-7,11,18-19,30H2,1-5H3,(H,31,34)(H,32,33)/t20?,21-,22-,26-,27+/m0/s1. The summed E-state index contributed by atoms with van der Waals surface area (Å²) in [6, 6.07) is 16.4. The Morgan fingerprint density at radius 3 is 2.17 bits per heavy atom. The van der Waals surface area contributed by atoms with Crippen LogP contribution in [0.25, 0.3) is 0 Å². The molecule has 0 fully saturated rings. The Kier molecular flexibility index (Phi) is 11.8. The van der Waals surface area contributed by atoms with Gasteiger partial charge in [0.25, 0.3) is 0 Å². The lowest BCUT2D eigenvalue weighted by molar-refractivity contribution is -0.125. The molecule has 0 aliphatic rings. The number of rotatable bonds is 14. The van der Waals surface area contributed by atoms with E-state index < -0.39 is 12.1 Å². The van der Waals surface area contributed by atoms with Gasteiger partial charge in [-0.15, -0.1) is 0 Å². The van der Waals surface area contributed by atoms with Crippen molar-refractivity contribution in [2.45, 2.75) is 71.9 Å². The monoisotopic (exact) mass is 481 g/mol. The minimum absolute atomic E-state index is 0.0766. The zero-order chi connectivity index (χ0) is 25.8. The van der Waals surface area contributed by atoms with Crippen molar-refractivity contribution in [1.82, 2.24) is 10.6 Å². The van der Waals surface area contributed by atoms with Gasteiger partial charge in [-0.1, -0.05) is 83.0 Å². The topological polar surface area (TPSA) is 93.4 Å². The van der Waals surface area contributed by atoms with E-state index >= 15 is 0 Å². The quantitative estimate of drug-likeness (QED) is 0.356. The molecule has 0 heterocycles. The number of benzene rings is 2. The fourth-order valence-electron chi connectivity index (χ4n) is 3.89. The van der Waals surface area contributed by atoms with Crippen LogP contribution >= 0.6 is 0 Å². The first kappa shape index (κ1) is 28.4. The number of carbonyl (C=O) groups excluding carboxylic acids is 2. The number of hydrogen-bond acceptors (Lipinski definition) is 4. The second kappa shape index (κ2) is 14.5. The van der Waals surface area contributed by atoms with E-state index in [0.717, 1.165) is 36.1 Å². The minimum atomic E-state index is -0.583. The van der Waals surface area contributed by atoms with E-state index in [1.807, 2.05) is 75.4 Å². The molecular formula is C29H43N3O3. The summed E-state index contributed by atoms with van der Waals surface area (Å²) in [6.45, 7) is 11.1. The van der Waals surface area contributed by atoms with Crippen LogP contribution in [-0.4, -0.2) is 31.0 Å². The van der Waals surface area contributed by atoms with Crippen molar-refractivity contribution >= 4 is 11.8 Å². The number of amides is 2. The number of nitrogens with one attached hydrogen (secondary N) is 2. The Labute approximate surface area is 211 Å². The fraction of sp³-hybridized carbons (Fsp3) is 0.517. The number of carbonyl (C=O) groups is 2. The molecule has 0 spiro atoms. The first-order valence-electron chi connectivity index (χ1n) is 12.9. The van der Waals surface area contributed by atoms with Gasteiger partial charge < -0.3 is 21.1 Å². The van der Waals surface area contributed by atoms with Gasteiger partial charge in [0.15, 0.2) is 0 Å². The van der Waals surface area contributed by atoms with Crippen molar-refractivity contribution in [3.05, 3.63) is 65.7 Å². The van der Waals surface area contributed by atoms with Gasteiger partial charge in [-0.05, 0) is 48.4 Å². The average Bonchev–Trinajstić information content (AvgIpc) is 2.89. The van der Waals surface area contributed by atoms with E-state index in [2.05, 4.69) is 24.5 Å². The smallest absolute Gasteiger partial charge is 0.237 e. The summed E-state index contributed by atoms with van der Waals surface area (Å²) in [5.74, 6) is 0.737. The fourth-order valence-corrected chi connectivity index (χ4v) is 3.89. The van der Waals surface area contributed by atoms with Crippen molar-refractivity contribution in [3.63, 3.8) is 0 Å². The molecule has 0 aromatic heterocycles. The second-order valence-corrected chi connectivity index (χ2v) is 9.62. The Bertz CT molecular complexity index is 901. The van der Waals surface area contributed by atoms with Crippen molar-refractivity contribution in [2.75, 3.05) is 13.2 Å². The molecule has 4 N–H and O–H groups in total. The van der Waals surface area contributed by atoms with Gasteiger partial charge >= 0.3 is 0 Å². The summed E-state index contributed by atoms with van der Waals surface area (Å²) >= 11 is 0. The molecule has 2 aromatic rings. The van der Waals surface area contributed by atoms with Gasteiger partial charge in [0.1, 0.15) is 5.75 Å². The van der Waals surface area contributed by atoms with Gasteiger partial charge in [0, 0.05) is 6.54 Å². The molecule has 0 bridgehead atoms. The molecule has 0 aliphatic heterocycles. The van der Waals surface area contributed by atoms with E-state index in [-0.39, 0.29) is 30.2 Å². The molecule has 6 nitrogen and oxygen atoms in total. The van der Waals surface area contributed by atoms with Crippen LogP contribution in [0.5, 0.6) is 5.75 Å². The minimum Gasteiger partial charge on any atom is -0.493 e. The first-order valence-corrected chi connectivity index (χ1v) is 12.9. The maximum atomic E-state index is 13.1. The summed E-state index contributed by atoms with van der Waals surface area (Å²) in [5, 5.41) is 6.06. The molecule has 2 amide bonds. The number of ether oxygens (including phenoxy) is 1. The second-order valence-electron chi connectivity index (χ2n) is 9.62. The predicted molar refractivity (Wildman–Crippen MR) is 142 cm³/mol. The summed E-state index contributed by atoms with van der Waals surface area (Å²) in [6.07, 6.45) is 3.09. The van der Waals surface area contributed by atoms with E-state index in [1.165, 1.54) is 0 Å². The Morgan fingerprint density at radius 1 is 0.914 bits per heavy atom. The maximum Gasteiger partial charge on any atom is 0.237 e. The molecule has 0 saturated carbocycles. The van der Waals surface area contributed by atoms with Crippen LogP contribution < -0.4 is 21.1 Å². The highest BCUT2D eigenvalue weighted by atomic mass is 16.5. The van der Waals surface area contributed by atoms with E-state index in [4.69, 9.17) is 10.5 Å². The lowest BCUT2D eigenvalue weighted by Crippen LogP contribution is -2.47. The summed E-state index contributed by atoms with van der Waals surface area (Å²) < 4.78 is 5.93. The number of nitrogens with two attached hydrogens (primary N) is 1. The molecule has 5 atom stereocenters. The summed E-state index contributed by atoms with van der Waals surface area (Å²) in [5.41, 5.74) is 7.94. The van der Waals surface area contributed by atoms with Gasteiger partial charge in [0.05, 0.1) is 24.6 Å². The van der Waals surface area contributed by atoms with Crippen LogP contribution in [0.2, 0.25) is 0 Å². The van der Waals surface area contributed by atoms with Gasteiger partial charge in [-0.2, -0.15) is 0 Å². The lowest BCUT2D eigenvalue weighted by Gasteiger charge is -2.24. The molecule has 2 rings (SSSR count). The molecule has 0 radical (unpaired) electrons. The molecule has 1 unspecified atom stereocenters. The Hall–Kier alpha value is -2.86. The van der Waals surface area contributed by atoms with Crippen LogP contribution in [0.3, 0.4) is 0 Å². The molecule has 6 heteroatoms.